The Balaban J connectivity index is 2.32. The molecule has 1 heteroatoms. The molecule has 3 N–H and O–H groups in total. The van der Waals surface area contributed by atoms with Crippen LogP contribution in [0.4, 0.5) is 0 Å². The fourth-order valence-corrected chi connectivity index (χ4v) is 0.856. The lowest BCUT2D eigenvalue weighted by molar-refractivity contribution is -0.420. The van der Waals surface area contributed by atoms with Gasteiger partial charge in [0, 0.05) is 12.8 Å². The summed E-state index contributed by atoms with van der Waals surface area (Å²) >= 11 is 0. The summed E-state index contributed by atoms with van der Waals surface area (Å²) in [5.74, 6) is 0. The molecule has 7 heavy (non-hydrogen) atoms. The third-order valence-electron chi connectivity index (χ3n) is 1.38. The zero-order valence-electron chi connectivity index (χ0n) is 4.56. The molecule has 0 heterocycles. The van der Waals surface area contributed by atoms with Gasteiger partial charge in [0.2, 0.25) is 0 Å². The van der Waals surface area contributed by atoms with E-state index in [1.807, 2.05) is 0 Å². The second-order valence-electron chi connectivity index (χ2n) is 2.15. The second kappa shape index (κ2) is 2.12. The molecule has 1 nitrogen and oxygen atoms in total. The van der Waals surface area contributed by atoms with E-state index in [1.54, 1.807) is 0 Å². The summed E-state index contributed by atoms with van der Waals surface area (Å²) < 4.78 is 0. The van der Waals surface area contributed by atoms with Crippen LogP contribution in [0.2, 0.25) is 0 Å². The maximum atomic E-state index is 3.95. The molecule has 1 aliphatic rings. The first-order valence-corrected chi connectivity index (χ1v) is 2.87. The van der Waals surface area contributed by atoms with Gasteiger partial charge in [-0.2, -0.15) is 0 Å². The van der Waals surface area contributed by atoms with Crippen molar-refractivity contribution in [1.82, 2.24) is 0 Å². The number of rotatable bonds is 0. The molecule has 0 aromatic carbocycles. The maximum absolute atomic E-state index is 3.95. The summed E-state index contributed by atoms with van der Waals surface area (Å²) in [5.41, 5.74) is 3.95. The second-order valence-corrected chi connectivity index (χ2v) is 2.15. The minimum atomic E-state index is 0.699. The van der Waals surface area contributed by atoms with Gasteiger partial charge in [0.05, 0.1) is 6.04 Å². The van der Waals surface area contributed by atoms with Crippen molar-refractivity contribution >= 4 is 0 Å². The summed E-state index contributed by atoms with van der Waals surface area (Å²) in [7, 11) is 0. The standard InChI is InChI=1S/C6H11N/c7-6-4-2-1-3-5-6/h1-2,6H,3-5,7H2/p+1. The lowest BCUT2D eigenvalue weighted by atomic mass is 10.0. The Morgan fingerprint density at radius 3 is 2.57 bits per heavy atom. The van der Waals surface area contributed by atoms with Crippen molar-refractivity contribution in [1.29, 1.82) is 0 Å². The molecule has 0 saturated carbocycles. The van der Waals surface area contributed by atoms with E-state index in [0.29, 0.717) is 6.04 Å². The Morgan fingerprint density at radius 1 is 1.43 bits per heavy atom. The van der Waals surface area contributed by atoms with E-state index in [0.717, 1.165) is 0 Å². The number of quaternary nitrogens is 1. The fourth-order valence-electron chi connectivity index (χ4n) is 0.856. The van der Waals surface area contributed by atoms with Gasteiger partial charge >= 0.3 is 0 Å². The van der Waals surface area contributed by atoms with Crippen LogP contribution in [0.25, 0.3) is 0 Å². The van der Waals surface area contributed by atoms with Crippen LogP contribution >= 0.6 is 0 Å². The van der Waals surface area contributed by atoms with Gasteiger partial charge in [-0.05, 0) is 6.42 Å². The fraction of sp³-hybridized carbons (Fsp3) is 0.667. The Labute approximate surface area is 44.2 Å². The van der Waals surface area contributed by atoms with Crippen LogP contribution in [0.3, 0.4) is 0 Å². The molecule has 0 aliphatic heterocycles. The first-order valence-electron chi connectivity index (χ1n) is 2.87. The summed E-state index contributed by atoms with van der Waals surface area (Å²) in [6, 6.07) is 0.699. The lowest BCUT2D eigenvalue weighted by Gasteiger charge is -2.06. The van der Waals surface area contributed by atoms with Crippen LogP contribution in [0.15, 0.2) is 12.2 Å². The third kappa shape index (κ3) is 1.32. The number of hydrogen-bond acceptors (Lipinski definition) is 0. The molecule has 1 unspecified atom stereocenters. The predicted molar refractivity (Wildman–Crippen MR) is 29.7 cm³/mol. The van der Waals surface area contributed by atoms with Gasteiger partial charge in [0.1, 0.15) is 0 Å². The molecular weight excluding hydrogens is 86.1 g/mol. The molecule has 0 aromatic rings. The van der Waals surface area contributed by atoms with E-state index < -0.39 is 0 Å². The van der Waals surface area contributed by atoms with Gasteiger partial charge in [-0.15, -0.1) is 0 Å². The molecule has 0 bridgehead atoms. The van der Waals surface area contributed by atoms with E-state index >= 15 is 0 Å². The number of allylic oxidation sites excluding steroid dienone is 1. The zero-order chi connectivity index (χ0) is 5.11. The Hall–Kier alpha value is -0.300. The summed E-state index contributed by atoms with van der Waals surface area (Å²) in [6.07, 6.45) is 8.19. The molecule has 1 atom stereocenters. The van der Waals surface area contributed by atoms with Gasteiger partial charge in [0.25, 0.3) is 0 Å². The highest BCUT2D eigenvalue weighted by Crippen LogP contribution is 2.05. The maximum Gasteiger partial charge on any atom is 0.0881 e. The predicted octanol–water partition coefficient (Wildman–Crippen LogP) is 0.337. The van der Waals surface area contributed by atoms with Crippen molar-refractivity contribution < 1.29 is 5.73 Å². The van der Waals surface area contributed by atoms with Crippen LogP contribution < -0.4 is 5.73 Å². The number of hydrogen-bond donors (Lipinski definition) is 1. The smallest absolute Gasteiger partial charge is 0.0881 e. The highest BCUT2D eigenvalue weighted by Gasteiger charge is 2.04. The largest absolute Gasteiger partial charge is 0.355 e. The molecule has 0 amide bonds. The van der Waals surface area contributed by atoms with Gasteiger partial charge in [-0.1, -0.05) is 12.2 Å². The molecule has 0 saturated heterocycles. The van der Waals surface area contributed by atoms with Crippen molar-refractivity contribution in [3.8, 4) is 0 Å². The molecular formula is C6H12N+. The average Bonchev–Trinajstić information content (AvgIpc) is 1.69. The van der Waals surface area contributed by atoms with Crippen LogP contribution in [-0.4, -0.2) is 6.04 Å². The van der Waals surface area contributed by atoms with Crippen LogP contribution in [0, 0.1) is 0 Å². The normalized spacial score (nSPS) is 30.7. The molecule has 1 rings (SSSR count). The van der Waals surface area contributed by atoms with Gasteiger partial charge in [0.15, 0.2) is 0 Å². The highest BCUT2D eigenvalue weighted by molar-refractivity contribution is 4.89. The van der Waals surface area contributed by atoms with Gasteiger partial charge in [-0.3, -0.25) is 0 Å². The average molecular weight is 98.2 g/mol. The molecule has 40 valence electrons. The minimum absolute atomic E-state index is 0.699. The van der Waals surface area contributed by atoms with Crippen molar-refractivity contribution in [2.75, 3.05) is 0 Å². The monoisotopic (exact) mass is 98.1 g/mol. The first-order chi connectivity index (χ1) is 3.39. The van der Waals surface area contributed by atoms with Crippen LogP contribution in [0.1, 0.15) is 19.3 Å². The van der Waals surface area contributed by atoms with Crippen molar-refractivity contribution in [3.63, 3.8) is 0 Å². The van der Waals surface area contributed by atoms with E-state index in [1.165, 1.54) is 19.3 Å². The Bertz CT molecular complexity index is 76.2. The zero-order valence-corrected chi connectivity index (χ0v) is 4.56. The molecule has 0 radical (unpaired) electrons. The van der Waals surface area contributed by atoms with Crippen molar-refractivity contribution in [3.05, 3.63) is 12.2 Å². The van der Waals surface area contributed by atoms with E-state index in [4.69, 9.17) is 0 Å². The first kappa shape index (κ1) is 4.85. The molecule has 0 fully saturated rings. The SMILES string of the molecule is [NH3+]C1CC=CCC1. The Kier molecular flexibility index (Phi) is 1.47. The lowest BCUT2D eigenvalue weighted by Crippen LogP contribution is -2.60. The quantitative estimate of drug-likeness (QED) is 0.423. The van der Waals surface area contributed by atoms with E-state index in [2.05, 4.69) is 17.9 Å². The highest BCUT2D eigenvalue weighted by atomic mass is 14.6. The van der Waals surface area contributed by atoms with Crippen molar-refractivity contribution in [2.45, 2.75) is 25.3 Å². The molecule has 0 spiro atoms. The minimum Gasteiger partial charge on any atom is -0.355 e. The van der Waals surface area contributed by atoms with E-state index in [-0.39, 0.29) is 0 Å². The summed E-state index contributed by atoms with van der Waals surface area (Å²) in [4.78, 5) is 0. The van der Waals surface area contributed by atoms with Crippen molar-refractivity contribution in [2.24, 2.45) is 0 Å². The summed E-state index contributed by atoms with van der Waals surface area (Å²) in [5, 5.41) is 0. The molecule has 1 aliphatic carbocycles. The topological polar surface area (TPSA) is 27.6 Å². The van der Waals surface area contributed by atoms with E-state index in [9.17, 15) is 0 Å². The third-order valence-corrected chi connectivity index (χ3v) is 1.38. The van der Waals surface area contributed by atoms with Gasteiger partial charge in [-0.25, -0.2) is 0 Å². The Morgan fingerprint density at radius 2 is 2.29 bits per heavy atom. The van der Waals surface area contributed by atoms with Crippen LogP contribution in [-0.2, 0) is 0 Å². The van der Waals surface area contributed by atoms with Crippen LogP contribution in [0.5, 0.6) is 0 Å². The molecule has 0 aromatic heterocycles. The summed E-state index contributed by atoms with van der Waals surface area (Å²) in [6.45, 7) is 0. The van der Waals surface area contributed by atoms with Gasteiger partial charge < -0.3 is 5.73 Å².